The van der Waals surface area contributed by atoms with Gasteiger partial charge in [-0.25, -0.2) is 5.06 Å². The summed E-state index contributed by atoms with van der Waals surface area (Å²) < 4.78 is 0. The van der Waals surface area contributed by atoms with Gasteiger partial charge in [-0.2, -0.15) is 0 Å². The van der Waals surface area contributed by atoms with Gasteiger partial charge in [0, 0.05) is 13.1 Å². The van der Waals surface area contributed by atoms with Crippen LogP contribution >= 0.6 is 0 Å². The Balaban J connectivity index is 2.28. The molecule has 0 saturated carbocycles. The van der Waals surface area contributed by atoms with Crippen molar-refractivity contribution in [2.75, 3.05) is 6.54 Å². The summed E-state index contributed by atoms with van der Waals surface area (Å²) in [5.74, 6) is -0.262. The highest BCUT2D eigenvalue weighted by Crippen LogP contribution is 2.03. The smallest absolute Gasteiger partial charge is 0.329 e. The van der Waals surface area contributed by atoms with Crippen molar-refractivity contribution in [3.05, 3.63) is 12.3 Å². The number of hydrogen-bond acceptors (Lipinski definition) is 3. The van der Waals surface area contributed by atoms with Crippen molar-refractivity contribution >= 4 is 5.97 Å². The van der Waals surface area contributed by atoms with Crippen LogP contribution in [-0.2, 0) is 9.63 Å². The highest BCUT2D eigenvalue weighted by Gasteiger charge is 2.05. The molecule has 9 heavy (non-hydrogen) atoms. The van der Waals surface area contributed by atoms with E-state index < -0.39 is 0 Å². The lowest BCUT2D eigenvalue weighted by Gasteiger charge is -2.11. The van der Waals surface area contributed by atoms with Crippen LogP contribution in [0.25, 0.3) is 0 Å². The molecule has 0 aromatic carbocycles. The van der Waals surface area contributed by atoms with Crippen LogP contribution in [0.3, 0.4) is 0 Å². The van der Waals surface area contributed by atoms with Gasteiger partial charge in [-0.15, -0.1) is 0 Å². The van der Waals surface area contributed by atoms with E-state index >= 15 is 0 Å². The Morgan fingerprint density at radius 2 is 2.56 bits per heavy atom. The molecule has 0 aromatic heterocycles. The van der Waals surface area contributed by atoms with Gasteiger partial charge in [0.05, 0.1) is 6.54 Å². The van der Waals surface area contributed by atoms with Gasteiger partial charge in [0.1, 0.15) is 0 Å². The molecule has 0 atom stereocenters. The summed E-state index contributed by atoms with van der Waals surface area (Å²) in [4.78, 5) is 15.0. The van der Waals surface area contributed by atoms with Gasteiger partial charge >= 0.3 is 5.97 Å². The second-order valence-corrected chi connectivity index (χ2v) is 1.90. The van der Waals surface area contributed by atoms with Crippen molar-refractivity contribution in [3.63, 3.8) is 0 Å². The first-order valence-electron chi connectivity index (χ1n) is 2.91. The van der Waals surface area contributed by atoms with Gasteiger partial charge in [-0.3, -0.25) is 4.79 Å². The fourth-order valence-corrected chi connectivity index (χ4v) is 0.710. The molecule has 50 valence electrons. The van der Waals surface area contributed by atoms with E-state index in [0.29, 0.717) is 0 Å². The fraction of sp³-hybridized carbons (Fsp3) is 0.500. The first-order chi connectivity index (χ1) is 4.29. The van der Waals surface area contributed by atoms with E-state index in [1.165, 1.54) is 12.0 Å². The van der Waals surface area contributed by atoms with Crippen molar-refractivity contribution in [3.8, 4) is 0 Å². The number of nitrogens with zero attached hydrogens (tertiary/aromatic N) is 1. The van der Waals surface area contributed by atoms with E-state index in [1.807, 2.05) is 6.08 Å². The van der Waals surface area contributed by atoms with Crippen molar-refractivity contribution in [1.29, 1.82) is 0 Å². The Hall–Kier alpha value is -0.990. The van der Waals surface area contributed by atoms with E-state index in [1.54, 1.807) is 6.20 Å². The Labute approximate surface area is 53.9 Å². The van der Waals surface area contributed by atoms with Crippen LogP contribution in [-0.4, -0.2) is 17.6 Å². The molecule has 0 fully saturated rings. The van der Waals surface area contributed by atoms with Crippen LogP contribution in [0, 0.1) is 0 Å². The van der Waals surface area contributed by atoms with Gasteiger partial charge in [-0.05, 0) is 6.42 Å². The standard InChI is InChI=1S/C6H9NO2/c1-6(8)9-7-4-2-3-5-7/h2,4H,3,5H2,1H3. The predicted octanol–water partition coefficient (Wildman–Crippen LogP) is 0.684. The molecule has 1 aliphatic heterocycles. The summed E-state index contributed by atoms with van der Waals surface area (Å²) in [5.41, 5.74) is 0. The number of rotatable bonds is 1. The lowest BCUT2D eigenvalue weighted by Crippen LogP contribution is -2.17. The average molecular weight is 127 g/mol. The van der Waals surface area contributed by atoms with E-state index in [4.69, 9.17) is 4.84 Å². The van der Waals surface area contributed by atoms with E-state index in [0.717, 1.165) is 13.0 Å². The predicted molar refractivity (Wildman–Crippen MR) is 32.2 cm³/mol. The topological polar surface area (TPSA) is 29.5 Å². The SMILES string of the molecule is CC(=O)ON1C=CCC1. The molecule has 0 bridgehead atoms. The molecular weight excluding hydrogens is 118 g/mol. The molecular formula is C6H9NO2. The van der Waals surface area contributed by atoms with Gasteiger partial charge in [0.25, 0.3) is 0 Å². The molecule has 3 heteroatoms. The monoisotopic (exact) mass is 127 g/mol. The molecule has 0 unspecified atom stereocenters. The van der Waals surface area contributed by atoms with Crippen LogP contribution in [0.15, 0.2) is 12.3 Å². The van der Waals surface area contributed by atoms with Crippen LogP contribution in [0.2, 0.25) is 0 Å². The molecule has 0 radical (unpaired) electrons. The fourth-order valence-electron chi connectivity index (χ4n) is 0.710. The highest BCUT2D eigenvalue weighted by atomic mass is 16.7. The Bertz CT molecular complexity index is 142. The average Bonchev–Trinajstić information content (AvgIpc) is 2.15. The van der Waals surface area contributed by atoms with Crippen molar-refractivity contribution in [1.82, 2.24) is 5.06 Å². The summed E-state index contributed by atoms with van der Waals surface area (Å²) in [6, 6.07) is 0. The van der Waals surface area contributed by atoms with E-state index in [2.05, 4.69) is 0 Å². The maximum absolute atomic E-state index is 10.3. The summed E-state index contributed by atoms with van der Waals surface area (Å²) in [7, 11) is 0. The molecule has 3 nitrogen and oxygen atoms in total. The van der Waals surface area contributed by atoms with Crippen LogP contribution < -0.4 is 0 Å². The third-order valence-corrected chi connectivity index (χ3v) is 1.03. The van der Waals surface area contributed by atoms with E-state index in [-0.39, 0.29) is 5.97 Å². The van der Waals surface area contributed by atoms with Crippen LogP contribution in [0.1, 0.15) is 13.3 Å². The second-order valence-electron chi connectivity index (χ2n) is 1.90. The highest BCUT2D eigenvalue weighted by molar-refractivity contribution is 5.65. The molecule has 1 rings (SSSR count). The Morgan fingerprint density at radius 3 is 3.00 bits per heavy atom. The lowest BCUT2D eigenvalue weighted by atomic mass is 10.5. The van der Waals surface area contributed by atoms with Gasteiger partial charge in [-0.1, -0.05) is 6.08 Å². The van der Waals surface area contributed by atoms with Crippen LogP contribution in [0.4, 0.5) is 0 Å². The maximum Gasteiger partial charge on any atom is 0.329 e. The summed E-state index contributed by atoms with van der Waals surface area (Å²) in [6.07, 6.45) is 4.69. The maximum atomic E-state index is 10.3. The van der Waals surface area contributed by atoms with Gasteiger partial charge < -0.3 is 4.84 Å². The summed E-state index contributed by atoms with van der Waals surface area (Å²) >= 11 is 0. The van der Waals surface area contributed by atoms with Gasteiger partial charge in [0.15, 0.2) is 0 Å². The zero-order valence-electron chi connectivity index (χ0n) is 5.33. The number of hydrogen-bond donors (Lipinski definition) is 0. The lowest BCUT2D eigenvalue weighted by molar-refractivity contribution is -0.173. The van der Waals surface area contributed by atoms with E-state index in [9.17, 15) is 4.79 Å². The number of hydroxylamine groups is 2. The summed E-state index contributed by atoms with van der Waals surface area (Å²) in [6.45, 7) is 2.19. The van der Waals surface area contributed by atoms with Gasteiger partial charge in [0.2, 0.25) is 0 Å². The number of carbonyl (C=O) groups is 1. The molecule has 0 aromatic rings. The largest absolute Gasteiger partial charge is 0.342 e. The zero-order valence-corrected chi connectivity index (χ0v) is 5.33. The molecule has 0 aliphatic carbocycles. The molecule has 1 aliphatic rings. The second kappa shape index (κ2) is 2.53. The molecule has 0 saturated heterocycles. The first kappa shape index (κ1) is 6.13. The first-order valence-corrected chi connectivity index (χ1v) is 2.91. The quantitative estimate of drug-likeness (QED) is 0.519. The minimum absolute atomic E-state index is 0.262. The summed E-state index contributed by atoms with van der Waals surface area (Å²) in [5, 5.41) is 1.53. The third kappa shape index (κ3) is 1.76. The van der Waals surface area contributed by atoms with Crippen molar-refractivity contribution in [2.24, 2.45) is 0 Å². The normalized spacial score (nSPS) is 16.3. The Kier molecular flexibility index (Phi) is 1.72. The minimum atomic E-state index is -0.262. The zero-order chi connectivity index (χ0) is 6.69. The molecule has 0 amide bonds. The minimum Gasteiger partial charge on any atom is -0.342 e. The molecule has 1 heterocycles. The third-order valence-electron chi connectivity index (χ3n) is 1.03. The van der Waals surface area contributed by atoms with Crippen molar-refractivity contribution < 1.29 is 9.63 Å². The number of carbonyl (C=O) groups excluding carboxylic acids is 1. The molecule has 0 N–H and O–H groups in total. The Morgan fingerprint density at radius 1 is 1.78 bits per heavy atom. The molecule has 0 spiro atoms. The van der Waals surface area contributed by atoms with Crippen molar-refractivity contribution in [2.45, 2.75) is 13.3 Å². The van der Waals surface area contributed by atoms with Crippen LogP contribution in [0.5, 0.6) is 0 Å².